The van der Waals surface area contributed by atoms with E-state index in [1.165, 1.54) is 0 Å². The summed E-state index contributed by atoms with van der Waals surface area (Å²) < 4.78 is 22.3. The van der Waals surface area contributed by atoms with Crippen molar-refractivity contribution in [3.8, 4) is 0 Å². The van der Waals surface area contributed by atoms with Crippen molar-refractivity contribution < 1.29 is 4.21 Å². The van der Waals surface area contributed by atoms with E-state index in [1.54, 1.807) is 12.1 Å². The Morgan fingerprint density at radius 2 is 1.81 bits per heavy atom. The van der Waals surface area contributed by atoms with Gasteiger partial charge in [-0.25, -0.2) is 13.3 Å². The summed E-state index contributed by atoms with van der Waals surface area (Å²) in [5, 5.41) is 0. The molecule has 1 fully saturated rings. The van der Waals surface area contributed by atoms with Crippen LogP contribution < -0.4 is 0 Å². The van der Waals surface area contributed by atoms with Gasteiger partial charge >= 0.3 is 0 Å². The average molecular weight is 238 g/mol. The molecule has 88 valence electrons. The number of nitrogens with one attached hydrogen (secondary N) is 1. The first-order valence-corrected chi connectivity index (χ1v) is 7.21. The van der Waals surface area contributed by atoms with Gasteiger partial charge in [-0.2, -0.15) is 0 Å². The van der Waals surface area contributed by atoms with Gasteiger partial charge in [0.2, 0.25) is 0 Å². The largest absolute Gasteiger partial charge is 0.236 e. The Bertz CT molecular complexity index is 433. The molecule has 0 radical (unpaired) electrons. The Morgan fingerprint density at radius 3 is 2.38 bits per heavy atom. The van der Waals surface area contributed by atoms with E-state index in [1.807, 2.05) is 22.5 Å². The molecule has 1 saturated heterocycles. The van der Waals surface area contributed by atoms with E-state index >= 15 is 0 Å². The van der Waals surface area contributed by atoms with Gasteiger partial charge in [-0.15, -0.1) is 0 Å². The molecule has 0 spiro atoms. The van der Waals surface area contributed by atoms with Gasteiger partial charge in [0, 0.05) is 13.1 Å². The van der Waals surface area contributed by atoms with Crippen molar-refractivity contribution in [2.24, 2.45) is 5.92 Å². The first-order valence-electron chi connectivity index (χ1n) is 5.69. The molecule has 0 bridgehead atoms. The zero-order valence-corrected chi connectivity index (χ0v) is 10.4. The first-order chi connectivity index (χ1) is 7.60. The van der Waals surface area contributed by atoms with E-state index in [4.69, 9.17) is 4.78 Å². The minimum atomic E-state index is -2.75. The van der Waals surface area contributed by atoms with Crippen molar-refractivity contribution in [3.05, 3.63) is 30.3 Å². The number of piperidine rings is 1. The molecule has 1 aromatic rings. The van der Waals surface area contributed by atoms with Crippen LogP contribution in [0.3, 0.4) is 0 Å². The van der Waals surface area contributed by atoms with E-state index in [2.05, 4.69) is 6.92 Å². The summed E-state index contributed by atoms with van der Waals surface area (Å²) in [6, 6.07) is 9.14. The maximum absolute atomic E-state index is 12.4. The minimum Gasteiger partial charge on any atom is -0.236 e. The summed E-state index contributed by atoms with van der Waals surface area (Å²) in [7, 11) is -2.75. The fourth-order valence-electron chi connectivity index (χ4n) is 2.00. The quantitative estimate of drug-likeness (QED) is 0.846. The highest BCUT2D eigenvalue weighted by atomic mass is 32.2. The molecule has 1 unspecified atom stereocenters. The van der Waals surface area contributed by atoms with Gasteiger partial charge in [-0.1, -0.05) is 25.1 Å². The Kier molecular flexibility index (Phi) is 3.30. The Balaban J connectivity index is 2.20. The predicted molar refractivity (Wildman–Crippen MR) is 65.5 cm³/mol. The molecule has 0 saturated carbocycles. The van der Waals surface area contributed by atoms with Crippen molar-refractivity contribution in [1.82, 2.24) is 4.31 Å². The number of hydrogen-bond acceptors (Lipinski definition) is 2. The van der Waals surface area contributed by atoms with Crippen LogP contribution in [-0.2, 0) is 9.92 Å². The number of hydrogen-bond donors (Lipinski definition) is 1. The molecule has 0 aromatic heterocycles. The summed E-state index contributed by atoms with van der Waals surface area (Å²) >= 11 is 0. The average Bonchev–Trinajstić information content (AvgIpc) is 2.31. The molecule has 1 atom stereocenters. The molecule has 0 amide bonds. The highest BCUT2D eigenvalue weighted by molar-refractivity contribution is 7.90. The molecule has 1 aliphatic heterocycles. The molecule has 1 aromatic carbocycles. The molecule has 3 nitrogen and oxygen atoms in total. The van der Waals surface area contributed by atoms with Gasteiger partial charge in [0.25, 0.3) is 0 Å². The van der Waals surface area contributed by atoms with Crippen molar-refractivity contribution >= 4 is 9.92 Å². The monoisotopic (exact) mass is 238 g/mol. The third-order valence-corrected chi connectivity index (χ3v) is 5.17. The van der Waals surface area contributed by atoms with Crippen LogP contribution >= 0.6 is 0 Å². The lowest BCUT2D eigenvalue weighted by atomic mass is 10.0. The lowest BCUT2D eigenvalue weighted by molar-refractivity contribution is 0.296. The summed E-state index contributed by atoms with van der Waals surface area (Å²) in [6.45, 7) is 3.77. The number of rotatable bonds is 2. The minimum absolute atomic E-state index is 0.629. The highest BCUT2D eigenvalue weighted by Gasteiger charge is 2.24. The van der Waals surface area contributed by atoms with Crippen molar-refractivity contribution in [2.75, 3.05) is 13.1 Å². The second kappa shape index (κ2) is 4.55. The molecule has 0 aliphatic carbocycles. The fraction of sp³-hybridized carbons (Fsp3) is 0.500. The van der Waals surface area contributed by atoms with Gasteiger partial charge in [0.15, 0.2) is 0 Å². The van der Waals surface area contributed by atoms with Gasteiger partial charge in [0.05, 0.1) is 4.90 Å². The van der Waals surface area contributed by atoms with Crippen molar-refractivity contribution in [1.29, 1.82) is 4.78 Å². The van der Waals surface area contributed by atoms with Crippen LogP contribution in [0.2, 0.25) is 0 Å². The lowest BCUT2D eigenvalue weighted by Crippen LogP contribution is -2.37. The third-order valence-electron chi connectivity index (χ3n) is 3.17. The van der Waals surface area contributed by atoms with E-state index in [-0.39, 0.29) is 0 Å². The molecular formula is C12H18N2OS. The Hall–Kier alpha value is -0.870. The van der Waals surface area contributed by atoms with E-state index in [9.17, 15) is 4.21 Å². The van der Waals surface area contributed by atoms with Crippen LogP contribution in [0.15, 0.2) is 35.2 Å². The number of benzene rings is 1. The van der Waals surface area contributed by atoms with Crippen molar-refractivity contribution in [2.45, 2.75) is 24.7 Å². The normalized spacial score (nSPS) is 22.8. The van der Waals surface area contributed by atoms with Crippen LogP contribution in [0.1, 0.15) is 19.8 Å². The van der Waals surface area contributed by atoms with Crippen LogP contribution in [0.25, 0.3) is 0 Å². The second-order valence-electron chi connectivity index (χ2n) is 4.45. The lowest BCUT2D eigenvalue weighted by Gasteiger charge is -2.31. The zero-order valence-electron chi connectivity index (χ0n) is 9.56. The molecule has 4 heteroatoms. The van der Waals surface area contributed by atoms with Crippen LogP contribution in [-0.4, -0.2) is 21.6 Å². The summed E-state index contributed by atoms with van der Waals surface area (Å²) in [6.07, 6.45) is 2.09. The third kappa shape index (κ3) is 2.28. The molecule has 1 aliphatic rings. The summed E-state index contributed by atoms with van der Waals surface area (Å²) in [5.74, 6) is 0.697. The van der Waals surface area contributed by atoms with E-state index in [0.717, 1.165) is 25.9 Å². The maximum atomic E-state index is 12.4. The van der Waals surface area contributed by atoms with Gasteiger partial charge < -0.3 is 0 Å². The smallest absolute Gasteiger partial charge is 0.137 e. The van der Waals surface area contributed by atoms with Crippen LogP contribution in [0.4, 0.5) is 0 Å². The molecule has 1 N–H and O–H groups in total. The van der Waals surface area contributed by atoms with Crippen LogP contribution in [0, 0.1) is 10.7 Å². The fourth-order valence-corrected chi connectivity index (χ4v) is 3.55. The number of nitrogens with zero attached hydrogens (tertiary/aromatic N) is 1. The Labute approximate surface area is 97.6 Å². The zero-order chi connectivity index (χ0) is 11.6. The maximum Gasteiger partial charge on any atom is 0.137 e. The predicted octanol–water partition coefficient (Wildman–Crippen LogP) is 2.74. The SMILES string of the molecule is CC1CCN(S(=N)(=O)c2ccccc2)CC1. The van der Waals surface area contributed by atoms with E-state index < -0.39 is 9.92 Å². The molecule has 2 rings (SSSR count). The van der Waals surface area contributed by atoms with Crippen LogP contribution in [0.5, 0.6) is 0 Å². The molecular weight excluding hydrogens is 220 g/mol. The standard InChI is InChI=1S/C12H18N2OS/c1-11-7-9-14(10-8-11)16(13,15)12-5-3-2-4-6-12/h2-6,11,13H,7-10H2,1H3. The molecule has 1 heterocycles. The van der Waals surface area contributed by atoms with Gasteiger partial charge in [-0.3, -0.25) is 0 Å². The van der Waals surface area contributed by atoms with Crippen molar-refractivity contribution in [3.63, 3.8) is 0 Å². The topological polar surface area (TPSA) is 44.2 Å². The van der Waals surface area contributed by atoms with Gasteiger partial charge in [0.1, 0.15) is 9.92 Å². The molecule has 16 heavy (non-hydrogen) atoms. The second-order valence-corrected chi connectivity index (χ2v) is 6.49. The van der Waals surface area contributed by atoms with Gasteiger partial charge in [-0.05, 0) is 30.9 Å². The Morgan fingerprint density at radius 1 is 1.25 bits per heavy atom. The highest BCUT2D eigenvalue weighted by Crippen LogP contribution is 2.23. The summed E-state index contributed by atoms with van der Waals surface area (Å²) in [5.41, 5.74) is 0. The summed E-state index contributed by atoms with van der Waals surface area (Å²) in [4.78, 5) is 0.629. The van der Waals surface area contributed by atoms with E-state index in [0.29, 0.717) is 10.8 Å². The first kappa shape index (κ1) is 11.6.